The van der Waals surface area contributed by atoms with Crippen LogP contribution in [-0.4, -0.2) is 57.4 Å². The smallest absolute Gasteiger partial charge is 0.410 e. The molecule has 0 unspecified atom stereocenters. The fourth-order valence-corrected chi connectivity index (χ4v) is 4.13. The van der Waals surface area contributed by atoms with Crippen LogP contribution < -0.4 is 4.74 Å². The van der Waals surface area contributed by atoms with Gasteiger partial charge in [-0.15, -0.1) is 0 Å². The lowest BCUT2D eigenvalue weighted by Crippen LogP contribution is -2.41. The number of fused-ring (bicyclic) bond motifs is 1. The molecular formula is C21H27N3O5. The number of carboxylic acid groups (broad SMARTS) is 1. The van der Waals surface area contributed by atoms with Crippen molar-refractivity contribution in [3.05, 3.63) is 24.5 Å². The maximum atomic E-state index is 12.3. The third-order valence-corrected chi connectivity index (χ3v) is 5.81. The van der Waals surface area contributed by atoms with Crippen LogP contribution >= 0.6 is 0 Å². The molecule has 4 rings (SSSR count). The Kier molecular flexibility index (Phi) is 5.87. The molecule has 1 saturated carbocycles. The lowest BCUT2D eigenvalue weighted by atomic mass is 9.98. The predicted octanol–water partition coefficient (Wildman–Crippen LogP) is 3.29. The summed E-state index contributed by atoms with van der Waals surface area (Å²) in [6.45, 7) is 1.87. The van der Waals surface area contributed by atoms with E-state index < -0.39 is 5.97 Å². The van der Waals surface area contributed by atoms with Crippen LogP contribution in [0.25, 0.3) is 11.0 Å². The summed E-state index contributed by atoms with van der Waals surface area (Å²) in [5, 5.41) is 9.80. The van der Waals surface area contributed by atoms with Crippen LogP contribution in [0.1, 0.15) is 38.5 Å². The number of likely N-dealkylation sites (tertiary alicyclic amines) is 1. The molecule has 2 aromatic heterocycles. The van der Waals surface area contributed by atoms with Gasteiger partial charge in [0.2, 0.25) is 0 Å². The number of carbonyl (C=O) groups is 2. The van der Waals surface area contributed by atoms with Gasteiger partial charge in [-0.25, -0.2) is 9.78 Å². The summed E-state index contributed by atoms with van der Waals surface area (Å²) >= 11 is 0. The summed E-state index contributed by atoms with van der Waals surface area (Å²) in [6.07, 6.45) is 9.37. The van der Waals surface area contributed by atoms with Gasteiger partial charge >= 0.3 is 12.1 Å². The summed E-state index contributed by atoms with van der Waals surface area (Å²) < 4.78 is 13.1. The van der Waals surface area contributed by atoms with E-state index in [0.717, 1.165) is 43.9 Å². The highest BCUT2D eigenvalue weighted by atomic mass is 16.6. The first kappa shape index (κ1) is 19.5. The molecule has 0 aromatic carbocycles. The zero-order valence-electron chi connectivity index (χ0n) is 16.5. The topological polar surface area (TPSA) is 93.9 Å². The summed E-state index contributed by atoms with van der Waals surface area (Å²) in [6, 6.07) is 3.72. The van der Waals surface area contributed by atoms with Gasteiger partial charge in [-0.3, -0.25) is 4.79 Å². The minimum Gasteiger partial charge on any atom is -0.492 e. The number of aromatic nitrogens is 2. The Morgan fingerprint density at radius 2 is 1.93 bits per heavy atom. The van der Waals surface area contributed by atoms with Crippen LogP contribution in [0.2, 0.25) is 0 Å². The van der Waals surface area contributed by atoms with Gasteiger partial charge in [0, 0.05) is 24.7 Å². The Morgan fingerprint density at radius 3 is 2.66 bits per heavy atom. The summed E-state index contributed by atoms with van der Waals surface area (Å²) in [7, 11) is 0. The van der Waals surface area contributed by atoms with Crippen molar-refractivity contribution in [2.24, 2.45) is 5.92 Å². The molecule has 8 nitrogen and oxygen atoms in total. The van der Waals surface area contributed by atoms with Crippen LogP contribution in [0.4, 0.5) is 4.79 Å². The second-order valence-corrected chi connectivity index (χ2v) is 7.95. The second kappa shape index (κ2) is 8.71. The molecule has 2 aliphatic rings. The van der Waals surface area contributed by atoms with Gasteiger partial charge in [-0.1, -0.05) is 0 Å². The number of carboxylic acids is 1. The van der Waals surface area contributed by atoms with Crippen molar-refractivity contribution in [3.63, 3.8) is 0 Å². The molecule has 1 aliphatic heterocycles. The number of ether oxygens (including phenoxy) is 2. The molecule has 8 heteroatoms. The number of hydrogen-bond acceptors (Lipinski definition) is 5. The zero-order valence-corrected chi connectivity index (χ0v) is 16.5. The van der Waals surface area contributed by atoms with Gasteiger partial charge in [-0.05, 0) is 56.6 Å². The van der Waals surface area contributed by atoms with Crippen molar-refractivity contribution in [1.29, 1.82) is 0 Å². The average Bonchev–Trinajstić information content (AvgIpc) is 3.36. The molecule has 29 heavy (non-hydrogen) atoms. The number of hydrogen-bond donors (Lipinski definition) is 1. The lowest BCUT2D eigenvalue weighted by molar-refractivity contribution is -0.137. The number of piperidine rings is 1. The highest BCUT2D eigenvalue weighted by Gasteiger charge is 2.27. The Bertz CT molecular complexity index is 866. The van der Waals surface area contributed by atoms with Crippen molar-refractivity contribution in [3.8, 4) is 5.75 Å². The van der Waals surface area contributed by atoms with Crippen molar-refractivity contribution in [2.45, 2.75) is 51.2 Å². The standard InChI is InChI=1S/C21H27N3O5/c25-19(26)13-24-10-7-16-11-18(12-22-20(16)24)28-14-15-5-8-23(9-6-15)21(27)29-17-3-1-2-4-17/h7,10-12,15,17H,1-6,8-9,13-14H2,(H,25,26). The Balaban J connectivity index is 1.24. The molecule has 1 saturated heterocycles. The number of pyridine rings is 1. The van der Waals surface area contributed by atoms with Gasteiger partial charge in [0.1, 0.15) is 24.0 Å². The van der Waals surface area contributed by atoms with E-state index in [1.54, 1.807) is 17.0 Å². The number of carbonyl (C=O) groups excluding carboxylic acids is 1. The summed E-state index contributed by atoms with van der Waals surface area (Å²) in [5.41, 5.74) is 0.633. The molecule has 0 atom stereocenters. The first-order valence-corrected chi connectivity index (χ1v) is 10.3. The predicted molar refractivity (Wildman–Crippen MR) is 106 cm³/mol. The van der Waals surface area contributed by atoms with Crippen LogP contribution in [-0.2, 0) is 16.1 Å². The van der Waals surface area contributed by atoms with Crippen LogP contribution in [0.5, 0.6) is 5.75 Å². The highest BCUT2D eigenvalue weighted by Crippen LogP contribution is 2.25. The largest absolute Gasteiger partial charge is 0.492 e. The van der Waals surface area contributed by atoms with Gasteiger partial charge in [0.05, 0.1) is 12.8 Å². The normalized spacial score (nSPS) is 18.3. The molecule has 0 bridgehead atoms. The minimum atomic E-state index is -0.900. The summed E-state index contributed by atoms with van der Waals surface area (Å²) in [4.78, 5) is 29.3. The third kappa shape index (κ3) is 4.81. The number of aliphatic carboxylic acids is 1. The number of amides is 1. The molecule has 0 spiro atoms. The van der Waals surface area contributed by atoms with Crippen LogP contribution in [0.15, 0.2) is 24.5 Å². The van der Waals surface area contributed by atoms with E-state index in [4.69, 9.17) is 14.6 Å². The van der Waals surface area contributed by atoms with E-state index in [1.807, 2.05) is 17.0 Å². The SMILES string of the molecule is O=C(O)Cn1ccc2cc(OCC3CCN(C(=O)OC4CCCC4)CC3)cnc21. The number of rotatable bonds is 6. The minimum absolute atomic E-state index is 0.108. The van der Waals surface area contributed by atoms with Gasteiger partial charge in [0.15, 0.2) is 0 Å². The average molecular weight is 401 g/mol. The molecular weight excluding hydrogens is 374 g/mol. The van der Waals surface area contributed by atoms with Crippen molar-refractivity contribution >= 4 is 23.1 Å². The first-order valence-electron chi connectivity index (χ1n) is 10.3. The number of nitrogens with zero attached hydrogens (tertiary/aromatic N) is 3. The quantitative estimate of drug-likeness (QED) is 0.798. The van der Waals surface area contributed by atoms with E-state index in [-0.39, 0.29) is 18.7 Å². The monoisotopic (exact) mass is 401 g/mol. The first-order chi connectivity index (χ1) is 14.1. The Morgan fingerprint density at radius 1 is 1.17 bits per heavy atom. The van der Waals surface area contributed by atoms with E-state index in [9.17, 15) is 9.59 Å². The third-order valence-electron chi connectivity index (χ3n) is 5.81. The van der Waals surface area contributed by atoms with Crippen LogP contribution in [0, 0.1) is 5.92 Å². The second-order valence-electron chi connectivity index (χ2n) is 7.95. The molecule has 1 amide bonds. The van der Waals surface area contributed by atoms with Gasteiger partial charge < -0.3 is 24.0 Å². The van der Waals surface area contributed by atoms with Crippen molar-refractivity contribution in [1.82, 2.24) is 14.5 Å². The molecule has 2 fully saturated rings. The molecule has 3 heterocycles. The highest BCUT2D eigenvalue weighted by molar-refractivity contribution is 5.79. The lowest BCUT2D eigenvalue weighted by Gasteiger charge is -2.32. The van der Waals surface area contributed by atoms with E-state index >= 15 is 0 Å². The molecule has 2 aromatic rings. The maximum absolute atomic E-state index is 12.3. The van der Waals surface area contributed by atoms with Gasteiger partial charge in [0.25, 0.3) is 0 Å². The molecule has 1 aliphatic carbocycles. The molecule has 1 N–H and O–H groups in total. The molecule has 156 valence electrons. The Hall–Kier alpha value is -2.77. The van der Waals surface area contributed by atoms with E-state index in [1.165, 1.54) is 0 Å². The fraction of sp³-hybridized carbons (Fsp3) is 0.571. The summed E-state index contributed by atoms with van der Waals surface area (Å²) in [5.74, 6) is 0.162. The maximum Gasteiger partial charge on any atom is 0.410 e. The zero-order chi connectivity index (χ0) is 20.2. The Labute approximate surface area is 169 Å². The molecule has 0 radical (unpaired) electrons. The van der Waals surface area contributed by atoms with Crippen molar-refractivity contribution < 1.29 is 24.2 Å². The van der Waals surface area contributed by atoms with Crippen molar-refractivity contribution in [2.75, 3.05) is 19.7 Å². The van der Waals surface area contributed by atoms with Crippen LogP contribution in [0.3, 0.4) is 0 Å². The van der Waals surface area contributed by atoms with Gasteiger partial charge in [-0.2, -0.15) is 0 Å². The fourth-order valence-electron chi connectivity index (χ4n) is 4.13. The van der Waals surface area contributed by atoms with E-state index in [2.05, 4.69) is 4.98 Å². The van der Waals surface area contributed by atoms with E-state index in [0.29, 0.717) is 37.0 Å².